The van der Waals surface area contributed by atoms with Gasteiger partial charge in [0, 0.05) is 25.2 Å². The van der Waals surface area contributed by atoms with E-state index in [-0.39, 0.29) is 22.4 Å². The van der Waals surface area contributed by atoms with Crippen LogP contribution >= 0.6 is 0 Å². The van der Waals surface area contributed by atoms with Gasteiger partial charge in [0.1, 0.15) is 10.6 Å². The fourth-order valence-corrected chi connectivity index (χ4v) is 6.85. The van der Waals surface area contributed by atoms with Crippen LogP contribution in [0, 0.1) is 6.92 Å². The van der Waals surface area contributed by atoms with Gasteiger partial charge in [-0.05, 0) is 56.4 Å². The molecule has 182 valence electrons. The summed E-state index contributed by atoms with van der Waals surface area (Å²) in [6, 6.07) is 9.03. The Morgan fingerprint density at radius 3 is 2.38 bits per heavy atom. The van der Waals surface area contributed by atoms with Gasteiger partial charge in [-0.1, -0.05) is 38.2 Å². The summed E-state index contributed by atoms with van der Waals surface area (Å²) >= 11 is 0. The summed E-state index contributed by atoms with van der Waals surface area (Å²) < 4.78 is 35.3. The number of nitrogens with zero attached hydrogens (tertiary/aromatic N) is 1. The summed E-state index contributed by atoms with van der Waals surface area (Å²) in [5, 5.41) is 6.43. The number of aryl methyl sites for hydroxylation is 1. The van der Waals surface area contributed by atoms with Gasteiger partial charge in [-0.2, -0.15) is 4.31 Å². The first-order valence-corrected chi connectivity index (χ1v) is 13.9. The molecule has 2 heterocycles. The molecule has 3 aliphatic rings. The highest BCUT2D eigenvalue weighted by Crippen LogP contribution is 2.41. The number of hydrogen-bond acceptors (Lipinski definition) is 5. The molecule has 0 bridgehead atoms. The number of amides is 1. The standard InChI is InChI=1S/C26H33N3O4S/c1-18-11-12-23-21(15-18)28-26(30)20-16-25(34(31,32)29-13-7-4-8-14-29)22(17-24(20)33-23)27-19-9-5-2-3-6-10-19/h11-12,15-17,19,27H,2-10,13-14H2,1H3,(H,28,30). The maximum atomic E-state index is 13.8. The van der Waals surface area contributed by atoms with Gasteiger partial charge < -0.3 is 15.4 Å². The molecule has 8 heteroatoms. The van der Waals surface area contributed by atoms with E-state index < -0.39 is 10.0 Å². The van der Waals surface area contributed by atoms with E-state index in [1.807, 2.05) is 25.1 Å². The van der Waals surface area contributed by atoms with Crippen molar-refractivity contribution in [2.45, 2.75) is 75.6 Å². The molecule has 1 saturated carbocycles. The molecule has 2 aliphatic heterocycles. The molecule has 7 nitrogen and oxygen atoms in total. The number of ether oxygens (including phenoxy) is 1. The van der Waals surface area contributed by atoms with E-state index in [4.69, 9.17) is 4.74 Å². The van der Waals surface area contributed by atoms with Crippen LogP contribution < -0.4 is 15.4 Å². The lowest BCUT2D eigenvalue weighted by Gasteiger charge is -2.28. The second-order valence-corrected chi connectivity index (χ2v) is 11.6. The number of fused-ring (bicyclic) bond motifs is 2. The zero-order valence-electron chi connectivity index (χ0n) is 19.7. The molecule has 2 fully saturated rings. The molecule has 0 unspecified atom stereocenters. The summed E-state index contributed by atoms with van der Waals surface area (Å²) in [7, 11) is -3.76. The normalized spacial score (nSPS) is 19.7. The molecule has 2 aromatic rings. The molecular weight excluding hydrogens is 450 g/mol. The fourth-order valence-electron chi connectivity index (χ4n) is 5.17. The van der Waals surface area contributed by atoms with Gasteiger partial charge in [0.05, 0.1) is 16.9 Å². The molecule has 0 spiro atoms. The van der Waals surface area contributed by atoms with Crippen molar-refractivity contribution in [2.75, 3.05) is 23.7 Å². The van der Waals surface area contributed by atoms with Crippen molar-refractivity contribution in [3.05, 3.63) is 41.5 Å². The Morgan fingerprint density at radius 1 is 0.941 bits per heavy atom. The van der Waals surface area contributed by atoms with Crippen LogP contribution in [0.3, 0.4) is 0 Å². The van der Waals surface area contributed by atoms with E-state index >= 15 is 0 Å². The number of hydrogen-bond donors (Lipinski definition) is 2. The monoisotopic (exact) mass is 483 g/mol. The molecule has 0 aromatic heterocycles. The van der Waals surface area contributed by atoms with E-state index in [9.17, 15) is 13.2 Å². The van der Waals surface area contributed by atoms with Crippen molar-refractivity contribution in [1.82, 2.24) is 4.31 Å². The number of sulfonamides is 1. The number of carbonyl (C=O) groups is 1. The second-order valence-electron chi connectivity index (χ2n) is 9.70. The Bertz CT molecular complexity index is 1180. The molecular formula is C26H33N3O4S. The van der Waals surface area contributed by atoms with Crippen LogP contribution in [0.5, 0.6) is 11.5 Å². The average molecular weight is 484 g/mol. The first-order chi connectivity index (χ1) is 16.4. The van der Waals surface area contributed by atoms with Crippen LogP contribution in [0.15, 0.2) is 35.2 Å². The highest BCUT2D eigenvalue weighted by molar-refractivity contribution is 7.89. The maximum Gasteiger partial charge on any atom is 0.259 e. The number of carbonyl (C=O) groups excluding carboxylic acids is 1. The Morgan fingerprint density at radius 2 is 1.65 bits per heavy atom. The first kappa shape index (κ1) is 23.2. The van der Waals surface area contributed by atoms with E-state index in [1.54, 1.807) is 10.4 Å². The van der Waals surface area contributed by atoms with E-state index in [1.165, 1.54) is 18.9 Å². The van der Waals surface area contributed by atoms with Crippen LogP contribution in [0.1, 0.15) is 73.7 Å². The minimum atomic E-state index is -3.76. The summed E-state index contributed by atoms with van der Waals surface area (Å²) in [5.41, 5.74) is 2.34. The predicted octanol–water partition coefficient (Wildman–Crippen LogP) is 5.66. The van der Waals surface area contributed by atoms with Crippen molar-refractivity contribution in [2.24, 2.45) is 0 Å². The molecule has 1 saturated heterocycles. The van der Waals surface area contributed by atoms with E-state index in [2.05, 4.69) is 10.6 Å². The van der Waals surface area contributed by atoms with Gasteiger partial charge in [0.2, 0.25) is 10.0 Å². The van der Waals surface area contributed by atoms with Crippen LogP contribution in [0.25, 0.3) is 0 Å². The first-order valence-electron chi connectivity index (χ1n) is 12.5. The Hall–Kier alpha value is -2.58. The van der Waals surface area contributed by atoms with Crippen molar-refractivity contribution < 1.29 is 17.9 Å². The van der Waals surface area contributed by atoms with Crippen LogP contribution in [-0.2, 0) is 10.0 Å². The molecule has 34 heavy (non-hydrogen) atoms. The number of rotatable bonds is 4. The molecule has 5 rings (SSSR count). The van der Waals surface area contributed by atoms with Gasteiger partial charge in [-0.25, -0.2) is 8.42 Å². The lowest BCUT2D eigenvalue weighted by molar-refractivity contribution is 0.102. The number of anilines is 2. The third-order valence-corrected chi connectivity index (χ3v) is 9.02. The Labute approximate surface area is 201 Å². The van der Waals surface area contributed by atoms with Gasteiger partial charge in [-0.15, -0.1) is 0 Å². The van der Waals surface area contributed by atoms with Crippen molar-refractivity contribution in [1.29, 1.82) is 0 Å². The minimum absolute atomic E-state index is 0.165. The largest absolute Gasteiger partial charge is 0.454 e. The SMILES string of the molecule is Cc1ccc2c(c1)NC(=O)c1cc(S(=O)(=O)N3CCCCC3)c(NC3CCCCCC3)cc1O2. The van der Waals surface area contributed by atoms with Crippen molar-refractivity contribution in [3.8, 4) is 11.5 Å². The van der Waals surface area contributed by atoms with Crippen LogP contribution in [0.2, 0.25) is 0 Å². The Kier molecular flexibility index (Phi) is 6.53. The highest BCUT2D eigenvalue weighted by atomic mass is 32.2. The Balaban J connectivity index is 1.59. The third kappa shape index (κ3) is 4.66. The lowest BCUT2D eigenvalue weighted by atomic mass is 10.1. The zero-order chi connectivity index (χ0) is 23.7. The van der Waals surface area contributed by atoms with Crippen LogP contribution in [-0.4, -0.2) is 37.8 Å². The lowest BCUT2D eigenvalue weighted by Crippen LogP contribution is -2.36. The number of piperidine rings is 1. The van der Waals surface area contributed by atoms with E-state index in [0.29, 0.717) is 36.0 Å². The average Bonchev–Trinajstić information content (AvgIpc) is 3.16. The van der Waals surface area contributed by atoms with E-state index in [0.717, 1.165) is 50.5 Å². The van der Waals surface area contributed by atoms with Gasteiger partial charge in [0.15, 0.2) is 5.75 Å². The summed E-state index contributed by atoms with van der Waals surface area (Å²) in [4.78, 5) is 13.3. The minimum Gasteiger partial charge on any atom is -0.454 e. The van der Waals surface area contributed by atoms with Gasteiger partial charge in [0.25, 0.3) is 5.91 Å². The maximum absolute atomic E-state index is 13.8. The molecule has 0 atom stereocenters. The number of nitrogens with one attached hydrogen (secondary N) is 2. The van der Waals surface area contributed by atoms with Crippen LogP contribution in [0.4, 0.5) is 11.4 Å². The zero-order valence-corrected chi connectivity index (χ0v) is 20.5. The third-order valence-electron chi connectivity index (χ3n) is 7.08. The van der Waals surface area contributed by atoms with Crippen molar-refractivity contribution >= 4 is 27.3 Å². The number of benzene rings is 2. The molecule has 2 N–H and O–H groups in total. The molecule has 1 amide bonds. The smallest absolute Gasteiger partial charge is 0.259 e. The topological polar surface area (TPSA) is 87.7 Å². The second kappa shape index (κ2) is 9.58. The molecule has 0 radical (unpaired) electrons. The quantitative estimate of drug-likeness (QED) is 0.548. The van der Waals surface area contributed by atoms with Crippen molar-refractivity contribution in [3.63, 3.8) is 0 Å². The summed E-state index contributed by atoms with van der Waals surface area (Å²) in [6.45, 7) is 2.97. The summed E-state index contributed by atoms with van der Waals surface area (Å²) in [6.07, 6.45) is 9.43. The summed E-state index contributed by atoms with van der Waals surface area (Å²) in [5.74, 6) is 0.550. The molecule has 2 aromatic carbocycles. The van der Waals surface area contributed by atoms with Gasteiger partial charge in [-0.3, -0.25) is 4.79 Å². The molecule has 1 aliphatic carbocycles. The highest BCUT2D eigenvalue weighted by Gasteiger charge is 2.32. The fraction of sp³-hybridized carbons (Fsp3) is 0.500. The van der Waals surface area contributed by atoms with Gasteiger partial charge >= 0.3 is 0 Å². The predicted molar refractivity (Wildman–Crippen MR) is 133 cm³/mol.